The molecule has 2 fully saturated rings. The van der Waals surface area contributed by atoms with E-state index >= 15 is 0 Å². The van der Waals surface area contributed by atoms with Crippen molar-refractivity contribution in [2.75, 3.05) is 0 Å². The van der Waals surface area contributed by atoms with E-state index < -0.39 is 0 Å². The van der Waals surface area contributed by atoms with Crippen molar-refractivity contribution in [2.24, 2.45) is 5.92 Å². The first-order valence-electron chi connectivity index (χ1n) is 3.64. The fourth-order valence-corrected chi connectivity index (χ4v) is 4.02. The van der Waals surface area contributed by atoms with Crippen molar-refractivity contribution in [3.8, 4) is 0 Å². The molecular weight excluding hydrogens is 229 g/mol. The molecule has 0 atom stereocenters. The van der Waals surface area contributed by atoms with Gasteiger partial charge < -0.3 is 0 Å². The van der Waals surface area contributed by atoms with Gasteiger partial charge in [-0.05, 0) is 0 Å². The van der Waals surface area contributed by atoms with E-state index in [1.165, 1.54) is 5.92 Å². The summed E-state index contributed by atoms with van der Waals surface area (Å²) >= 11 is 1.57. The molecule has 0 nitrogen and oxygen atoms in total. The molecule has 0 N–H and O–H groups in total. The first-order valence-corrected chi connectivity index (χ1v) is 5.12. The van der Waals surface area contributed by atoms with E-state index in [1.807, 2.05) is 0 Å². The monoisotopic (exact) mass is 239 g/mol. The fourth-order valence-electron chi connectivity index (χ4n) is 2.31. The third-order valence-electron chi connectivity index (χ3n) is 2.89. The number of hydrogen-bond acceptors (Lipinski definition) is 0. The third-order valence-corrected chi connectivity index (χ3v) is 4.98. The van der Waals surface area contributed by atoms with Crippen LogP contribution < -0.4 is 0 Å². The van der Waals surface area contributed by atoms with E-state index in [1.54, 1.807) is 50.4 Å². The first-order chi connectivity index (χ1) is 3.79. The fraction of sp³-hybridized carbons (Fsp3) is 1.00. The molecule has 0 spiro atoms. The van der Waals surface area contributed by atoms with Gasteiger partial charge in [0.2, 0.25) is 0 Å². The molecular formula is C7H12BrZn. The molecule has 0 aromatic heterocycles. The quantitative estimate of drug-likeness (QED) is 0.572. The summed E-state index contributed by atoms with van der Waals surface area (Å²) in [5.74, 6) is 1.17. The van der Waals surface area contributed by atoms with E-state index in [4.69, 9.17) is 0 Å². The second-order valence-corrected chi connectivity index (χ2v) is 6.79. The molecule has 2 aliphatic carbocycles. The van der Waals surface area contributed by atoms with Gasteiger partial charge in [-0.1, -0.05) is 0 Å². The van der Waals surface area contributed by atoms with Crippen LogP contribution in [0.25, 0.3) is 0 Å². The predicted molar refractivity (Wildman–Crippen MR) is 39.6 cm³/mol. The van der Waals surface area contributed by atoms with Gasteiger partial charge in [0.1, 0.15) is 0 Å². The average molecular weight is 241 g/mol. The van der Waals surface area contributed by atoms with Gasteiger partial charge in [0.15, 0.2) is 0 Å². The summed E-state index contributed by atoms with van der Waals surface area (Å²) in [5, 5.41) is 0. The summed E-state index contributed by atoms with van der Waals surface area (Å²) in [5.41, 5.74) is 0. The van der Waals surface area contributed by atoms with Crippen LogP contribution in [0.1, 0.15) is 32.1 Å². The molecule has 0 unspecified atom stereocenters. The summed E-state index contributed by atoms with van der Waals surface area (Å²) in [4.78, 5) is 0. The van der Waals surface area contributed by atoms with Crippen molar-refractivity contribution in [3.05, 3.63) is 0 Å². The molecule has 0 heterocycles. The second-order valence-electron chi connectivity index (χ2n) is 3.65. The number of hydrogen-bond donors (Lipinski definition) is 0. The Balaban J connectivity index is 0.000000405. The van der Waals surface area contributed by atoms with E-state index in [2.05, 4.69) is 0 Å². The zero-order chi connectivity index (χ0) is 5.61. The van der Waals surface area contributed by atoms with Crippen LogP contribution in [-0.4, -0.2) is 0 Å². The van der Waals surface area contributed by atoms with Crippen LogP contribution in [0.5, 0.6) is 0 Å². The predicted octanol–water partition coefficient (Wildman–Crippen LogP) is 2.86. The molecule has 0 aromatic carbocycles. The van der Waals surface area contributed by atoms with Crippen molar-refractivity contribution < 1.29 is 18.3 Å². The molecule has 2 heteroatoms. The third kappa shape index (κ3) is 1.40. The maximum atomic E-state index is 1.60. The van der Waals surface area contributed by atoms with Crippen molar-refractivity contribution in [3.63, 3.8) is 0 Å². The molecule has 0 aliphatic heterocycles. The summed E-state index contributed by atoms with van der Waals surface area (Å²) in [6.07, 6.45) is 7.91. The Kier molecular flexibility index (Phi) is 2.39. The first kappa shape index (κ1) is 8.20. The van der Waals surface area contributed by atoms with Crippen LogP contribution in [0, 0.1) is 5.92 Å². The van der Waals surface area contributed by atoms with Gasteiger partial charge in [0.25, 0.3) is 0 Å². The summed E-state index contributed by atoms with van der Waals surface area (Å²) in [7, 11) is 0. The minimum absolute atomic E-state index is 0. The molecule has 2 bridgehead atoms. The maximum absolute atomic E-state index is 1.60. The molecule has 2 aliphatic rings. The van der Waals surface area contributed by atoms with Crippen LogP contribution in [0.2, 0.25) is 4.01 Å². The van der Waals surface area contributed by atoms with Crippen LogP contribution in [0.15, 0.2) is 0 Å². The van der Waals surface area contributed by atoms with E-state index in [-0.39, 0.29) is 17.0 Å². The molecule has 9 heavy (non-hydrogen) atoms. The van der Waals surface area contributed by atoms with Gasteiger partial charge in [0.05, 0.1) is 0 Å². The van der Waals surface area contributed by atoms with Gasteiger partial charge in [-0.3, -0.25) is 0 Å². The van der Waals surface area contributed by atoms with E-state index in [0.717, 1.165) is 4.01 Å². The van der Waals surface area contributed by atoms with Crippen LogP contribution >= 0.6 is 17.0 Å². The van der Waals surface area contributed by atoms with E-state index in [9.17, 15) is 0 Å². The number of halogens is 1. The topological polar surface area (TPSA) is 0 Å². The summed E-state index contributed by atoms with van der Waals surface area (Å²) < 4.78 is 0.935. The van der Waals surface area contributed by atoms with Gasteiger partial charge in [0, 0.05) is 0 Å². The van der Waals surface area contributed by atoms with Gasteiger partial charge in [-0.2, -0.15) is 0 Å². The Labute approximate surface area is 77.2 Å². The Hall–Kier alpha value is 1.10. The zero-order valence-corrected chi connectivity index (χ0v) is 10.4. The molecule has 0 amide bonds. The van der Waals surface area contributed by atoms with E-state index in [0.29, 0.717) is 0 Å². The number of fused-ring (bicyclic) bond motifs is 2. The van der Waals surface area contributed by atoms with Crippen molar-refractivity contribution in [2.45, 2.75) is 36.1 Å². The van der Waals surface area contributed by atoms with Crippen LogP contribution in [0.3, 0.4) is 0 Å². The Bertz CT molecular complexity index is 105. The minimum atomic E-state index is 0. The van der Waals surface area contributed by atoms with Gasteiger partial charge in [-0.25, -0.2) is 0 Å². The summed E-state index contributed by atoms with van der Waals surface area (Å²) in [6.45, 7) is 0. The molecule has 0 radical (unpaired) electrons. The molecule has 49 valence electrons. The zero-order valence-electron chi connectivity index (χ0n) is 5.73. The average Bonchev–Trinajstić information content (AvgIpc) is 2.21. The molecule has 2 rings (SSSR count). The Morgan fingerprint density at radius 1 is 1.22 bits per heavy atom. The van der Waals surface area contributed by atoms with Gasteiger partial charge >= 0.3 is 60.3 Å². The van der Waals surface area contributed by atoms with Crippen LogP contribution in [-0.2, 0) is 18.3 Å². The Morgan fingerprint density at radius 2 is 1.78 bits per heavy atom. The molecule has 2 saturated carbocycles. The standard InChI is InChI=1S/C7H11.BrH.Zn/c1-2-7-4-3-6(1)5-7;;/h6H,1-5H2;1H;. The van der Waals surface area contributed by atoms with Crippen molar-refractivity contribution in [1.82, 2.24) is 0 Å². The normalized spacial score (nSPS) is 47.1. The van der Waals surface area contributed by atoms with Crippen molar-refractivity contribution >= 4 is 17.0 Å². The van der Waals surface area contributed by atoms with Crippen LogP contribution in [0.4, 0.5) is 0 Å². The molecule has 0 saturated heterocycles. The Morgan fingerprint density at radius 3 is 1.89 bits per heavy atom. The summed E-state index contributed by atoms with van der Waals surface area (Å²) in [6, 6.07) is 0. The van der Waals surface area contributed by atoms with Crippen molar-refractivity contribution in [1.29, 1.82) is 0 Å². The molecule has 0 aromatic rings. The van der Waals surface area contributed by atoms with Gasteiger partial charge in [-0.15, -0.1) is 17.0 Å². The SMILES string of the molecule is Br.[Zn][C]12CCC(CC1)C2. The second kappa shape index (κ2) is 2.62. The number of rotatable bonds is 0.